The van der Waals surface area contributed by atoms with Crippen molar-refractivity contribution in [3.63, 3.8) is 0 Å². The minimum Gasteiger partial charge on any atom is -0.493 e. The number of methoxy groups -OCH3 is 2. The molecule has 150 valence electrons. The quantitative estimate of drug-likeness (QED) is 0.435. The van der Waals surface area contributed by atoms with Gasteiger partial charge in [0.1, 0.15) is 0 Å². The maximum absolute atomic E-state index is 5.53. The van der Waals surface area contributed by atoms with Gasteiger partial charge in [-0.1, -0.05) is 30.3 Å². The number of guanidine groups is 1. The summed E-state index contributed by atoms with van der Waals surface area (Å²) < 4.78 is 10.9. The molecule has 5 nitrogen and oxygen atoms in total. The average Bonchev–Trinajstić information content (AvgIpc) is 3.22. The van der Waals surface area contributed by atoms with Crippen LogP contribution in [0.25, 0.3) is 0 Å². The van der Waals surface area contributed by atoms with Crippen molar-refractivity contribution in [2.45, 2.75) is 17.9 Å². The number of aliphatic imine (C=N–C) groups is 1. The number of nitrogens with zero attached hydrogens (tertiary/aromatic N) is 2. The third-order valence-electron chi connectivity index (χ3n) is 4.95. The molecule has 0 aromatic heterocycles. The first-order valence-corrected chi connectivity index (χ1v) is 10.6. The Labute approximate surface area is 172 Å². The molecule has 1 unspecified atom stereocenters. The number of thioether (sulfide) groups is 1. The maximum Gasteiger partial charge on any atom is 0.193 e. The molecule has 0 saturated carbocycles. The molecular weight excluding hydrogens is 370 g/mol. The smallest absolute Gasteiger partial charge is 0.193 e. The van der Waals surface area contributed by atoms with Crippen LogP contribution in [0.1, 0.15) is 12.0 Å². The summed E-state index contributed by atoms with van der Waals surface area (Å²) in [6.07, 6.45) is 1.20. The highest BCUT2D eigenvalue weighted by molar-refractivity contribution is 7.99. The number of ether oxygens (including phenoxy) is 2. The Balaban J connectivity index is 1.53. The molecule has 0 amide bonds. The lowest BCUT2D eigenvalue weighted by Gasteiger charge is -2.22. The number of hydrogen-bond acceptors (Lipinski definition) is 4. The lowest BCUT2D eigenvalue weighted by molar-refractivity contribution is 0.351. The summed E-state index contributed by atoms with van der Waals surface area (Å²) in [7, 11) is 5.18. The molecule has 2 aromatic carbocycles. The van der Waals surface area contributed by atoms with Gasteiger partial charge in [-0.25, -0.2) is 0 Å². The molecule has 6 heteroatoms. The first kappa shape index (κ1) is 20.4. The lowest BCUT2D eigenvalue weighted by Crippen LogP contribution is -2.39. The van der Waals surface area contributed by atoms with Gasteiger partial charge in [-0.2, -0.15) is 0 Å². The third-order valence-corrected chi connectivity index (χ3v) is 6.19. The van der Waals surface area contributed by atoms with Gasteiger partial charge in [0.2, 0.25) is 0 Å². The van der Waals surface area contributed by atoms with Crippen LogP contribution in [0.3, 0.4) is 0 Å². The fourth-order valence-electron chi connectivity index (χ4n) is 3.49. The molecule has 1 N–H and O–H groups in total. The zero-order valence-electron chi connectivity index (χ0n) is 16.9. The molecular formula is C22H29N3O2S. The first-order chi connectivity index (χ1) is 13.7. The Kier molecular flexibility index (Phi) is 7.48. The second-order valence-corrected chi connectivity index (χ2v) is 7.87. The van der Waals surface area contributed by atoms with Crippen LogP contribution in [-0.4, -0.2) is 51.0 Å². The van der Waals surface area contributed by atoms with E-state index in [0.717, 1.165) is 41.9 Å². The molecule has 1 aliphatic rings. The van der Waals surface area contributed by atoms with Crippen LogP contribution in [0.2, 0.25) is 0 Å². The molecule has 1 saturated heterocycles. The van der Waals surface area contributed by atoms with Crippen molar-refractivity contribution >= 4 is 17.7 Å². The Hall–Kier alpha value is -2.34. The minimum atomic E-state index is 0.646. The third kappa shape index (κ3) is 5.13. The largest absolute Gasteiger partial charge is 0.493 e. The summed E-state index contributed by atoms with van der Waals surface area (Å²) >= 11 is 1.94. The summed E-state index contributed by atoms with van der Waals surface area (Å²) in [6.45, 7) is 2.72. The zero-order chi connectivity index (χ0) is 19.8. The molecule has 28 heavy (non-hydrogen) atoms. The minimum absolute atomic E-state index is 0.646. The van der Waals surface area contributed by atoms with E-state index in [1.54, 1.807) is 14.2 Å². The normalized spacial score (nSPS) is 16.9. The summed E-state index contributed by atoms with van der Waals surface area (Å²) in [6, 6.07) is 16.6. The van der Waals surface area contributed by atoms with E-state index in [1.807, 2.05) is 37.0 Å². The maximum atomic E-state index is 5.53. The molecule has 1 fully saturated rings. The van der Waals surface area contributed by atoms with Crippen molar-refractivity contribution in [2.24, 2.45) is 10.9 Å². The fourth-order valence-corrected chi connectivity index (χ4v) is 4.54. The van der Waals surface area contributed by atoms with Gasteiger partial charge in [0.15, 0.2) is 17.5 Å². The highest BCUT2D eigenvalue weighted by Crippen LogP contribution is 2.30. The second kappa shape index (κ2) is 10.3. The van der Waals surface area contributed by atoms with Gasteiger partial charge in [-0.3, -0.25) is 4.99 Å². The van der Waals surface area contributed by atoms with Crippen molar-refractivity contribution in [3.8, 4) is 11.5 Å². The van der Waals surface area contributed by atoms with Crippen LogP contribution in [0.4, 0.5) is 0 Å². The van der Waals surface area contributed by atoms with Gasteiger partial charge in [-0.05, 0) is 30.5 Å². The monoisotopic (exact) mass is 399 g/mol. The number of rotatable bonds is 7. The van der Waals surface area contributed by atoms with Crippen LogP contribution in [-0.2, 0) is 6.54 Å². The predicted molar refractivity (Wildman–Crippen MR) is 117 cm³/mol. The van der Waals surface area contributed by atoms with E-state index in [0.29, 0.717) is 12.5 Å². The van der Waals surface area contributed by atoms with Crippen molar-refractivity contribution in [1.29, 1.82) is 0 Å². The average molecular weight is 400 g/mol. The van der Waals surface area contributed by atoms with Gasteiger partial charge >= 0.3 is 0 Å². The SMILES string of the molecule is CN=C(NCc1cccc(OC)c1OC)N1CCC(CSc2ccccc2)C1. The van der Waals surface area contributed by atoms with Crippen molar-refractivity contribution < 1.29 is 9.47 Å². The number of hydrogen-bond donors (Lipinski definition) is 1. The van der Waals surface area contributed by atoms with Gasteiger partial charge < -0.3 is 19.7 Å². The summed E-state index contributed by atoms with van der Waals surface area (Å²) in [5.74, 6) is 4.27. The lowest BCUT2D eigenvalue weighted by atomic mass is 10.2. The van der Waals surface area contributed by atoms with Gasteiger partial charge in [-0.15, -0.1) is 11.8 Å². The molecule has 1 atom stereocenters. The highest BCUT2D eigenvalue weighted by Gasteiger charge is 2.25. The Morgan fingerprint density at radius 2 is 1.96 bits per heavy atom. The number of para-hydroxylation sites is 1. The van der Waals surface area contributed by atoms with E-state index in [4.69, 9.17) is 9.47 Å². The molecule has 1 aliphatic heterocycles. The Bertz CT molecular complexity index is 783. The summed E-state index contributed by atoms with van der Waals surface area (Å²) in [5, 5.41) is 3.48. The zero-order valence-corrected chi connectivity index (χ0v) is 17.7. The van der Waals surface area contributed by atoms with Gasteiger partial charge in [0, 0.05) is 42.9 Å². The predicted octanol–water partition coefficient (Wildman–Crippen LogP) is 3.89. The molecule has 0 bridgehead atoms. The van der Waals surface area contributed by atoms with Gasteiger partial charge in [0.05, 0.1) is 14.2 Å². The number of likely N-dealkylation sites (tertiary alicyclic amines) is 1. The molecule has 0 aliphatic carbocycles. The van der Waals surface area contributed by atoms with E-state index in [1.165, 1.54) is 11.3 Å². The van der Waals surface area contributed by atoms with Crippen LogP contribution in [0, 0.1) is 5.92 Å². The fraction of sp³-hybridized carbons (Fsp3) is 0.409. The van der Waals surface area contributed by atoms with Crippen molar-refractivity contribution in [3.05, 3.63) is 54.1 Å². The standard InChI is InChI=1S/C22H29N3O2S/c1-23-22(24-14-18-8-7-11-20(26-2)21(18)27-3)25-13-12-17(15-25)16-28-19-9-5-4-6-10-19/h4-11,17H,12-16H2,1-3H3,(H,23,24). The second-order valence-electron chi connectivity index (χ2n) is 6.78. The van der Waals surface area contributed by atoms with Gasteiger partial charge in [0.25, 0.3) is 0 Å². The first-order valence-electron chi connectivity index (χ1n) is 9.58. The van der Waals surface area contributed by atoms with Crippen molar-refractivity contribution in [1.82, 2.24) is 10.2 Å². The Morgan fingerprint density at radius 1 is 1.14 bits per heavy atom. The van der Waals surface area contributed by atoms with E-state index in [-0.39, 0.29) is 0 Å². The highest BCUT2D eigenvalue weighted by atomic mass is 32.2. The van der Waals surface area contributed by atoms with E-state index >= 15 is 0 Å². The van der Waals surface area contributed by atoms with E-state index in [2.05, 4.69) is 45.5 Å². The molecule has 2 aromatic rings. The molecule has 1 heterocycles. The van der Waals surface area contributed by atoms with E-state index in [9.17, 15) is 0 Å². The molecule has 3 rings (SSSR count). The Morgan fingerprint density at radius 3 is 2.68 bits per heavy atom. The molecule has 0 spiro atoms. The topological polar surface area (TPSA) is 46.1 Å². The van der Waals surface area contributed by atoms with Crippen LogP contribution in [0.5, 0.6) is 11.5 Å². The van der Waals surface area contributed by atoms with Crippen LogP contribution < -0.4 is 14.8 Å². The van der Waals surface area contributed by atoms with Crippen molar-refractivity contribution in [2.75, 3.05) is 40.1 Å². The molecule has 0 radical (unpaired) electrons. The number of benzene rings is 2. The van der Waals surface area contributed by atoms with Crippen LogP contribution in [0.15, 0.2) is 58.4 Å². The number of nitrogens with one attached hydrogen (secondary N) is 1. The summed E-state index contributed by atoms with van der Waals surface area (Å²) in [4.78, 5) is 8.18. The van der Waals surface area contributed by atoms with Crippen LogP contribution >= 0.6 is 11.8 Å². The summed E-state index contributed by atoms with van der Waals surface area (Å²) in [5.41, 5.74) is 1.05. The van der Waals surface area contributed by atoms with E-state index < -0.39 is 0 Å².